The van der Waals surface area contributed by atoms with Crippen molar-refractivity contribution >= 4 is 33.5 Å². The number of thioether (sulfide) groups is 1. The van der Waals surface area contributed by atoms with Crippen LogP contribution in [0, 0.1) is 11.6 Å². The number of ketones is 1. The van der Waals surface area contributed by atoms with E-state index in [1.807, 2.05) is 0 Å². The molecule has 2 rings (SSSR count). The summed E-state index contributed by atoms with van der Waals surface area (Å²) in [5.74, 6) is -1.37. The van der Waals surface area contributed by atoms with E-state index in [0.29, 0.717) is 5.56 Å². The summed E-state index contributed by atoms with van der Waals surface area (Å²) in [5.41, 5.74) is 0.565. The number of Topliss-reactive ketones (excluding diaryl/α,β-unsaturated/α-hetero) is 1. The summed E-state index contributed by atoms with van der Waals surface area (Å²) in [6.07, 6.45) is 0. The Hall–Kier alpha value is -1.20. The number of halogens is 3. The molecule has 0 aliphatic heterocycles. The molecule has 0 saturated heterocycles. The molecule has 2 aromatic rings. The predicted octanol–water partition coefficient (Wildman–Crippen LogP) is 5.09. The Labute approximate surface area is 128 Å². The van der Waals surface area contributed by atoms with Crippen molar-refractivity contribution in [2.24, 2.45) is 0 Å². The first-order valence-corrected chi connectivity index (χ1v) is 7.56. The molecule has 1 nitrogen and oxygen atoms in total. The molecule has 0 bridgehead atoms. The molecular formula is C15H11BrF2OS. The number of hydrogen-bond donors (Lipinski definition) is 0. The van der Waals surface area contributed by atoms with Crippen molar-refractivity contribution in [2.45, 2.75) is 17.1 Å². The molecular weight excluding hydrogens is 346 g/mol. The van der Waals surface area contributed by atoms with Gasteiger partial charge in [-0.05, 0) is 31.2 Å². The third kappa shape index (κ3) is 3.67. The van der Waals surface area contributed by atoms with Crippen molar-refractivity contribution in [2.75, 3.05) is 0 Å². The molecule has 0 fully saturated rings. The molecule has 0 spiro atoms. The van der Waals surface area contributed by atoms with Gasteiger partial charge in [0, 0.05) is 21.0 Å². The number of carbonyl (C=O) groups excluding carboxylic acids is 1. The average Bonchev–Trinajstić information content (AvgIpc) is 2.42. The molecule has 1 atom stereocenters. The van der Waals surface area contributed by atoms with Crippen LogP contribution < -0.4 is 0 Å². The minimum absolute atomic E-state index is 0.0915. The minimum atomic E-state index is -0.648. The van der Waals surface area contributed by atoms with E-state index in [0.717, 1.165) is 22.3 Å². The number of rotatable bonds is 4. The van der Waals surface area contributed by atoms with Crippen LogP contribution >= 0.6 is 27.7 Å². The molecule has 5 heteroatoms. The van der Waals surface area contributed by atoms with Gasteiger partial charge in [-0.25, -0.2) is 8.78 Å². The first-order valence-electron chi connectivity index (χ1n) is 5.89. The Kier molecular flexibility index (Phi) is 4.94. The van der Waals surface area contributed by atoms with Crippen molar-refractivity contribution in [3.05, 3.63) is 64.1 Å². The highest BCUT2D eigenvalue weighted by Crippen LogP contribution is 2.28. The van der Waals surface area contributed by atoms with Gasteiger partial charge in [0.25, 0.3) is 0 Å². The maximum Gasteiger partial charge on any atom is 0.175 e. The minimum Gasteiger partial charge on any atom is -0.293 e. The zero-order valence-electron chi connectivity index (χ0n) is 10.6. The topological polar surface area (TPSA) is 17.1 Å². The average molecular weight is 357 g/mol. The Morgan fingerprint density at radius 3 is 2.40 bits per heavy atom. The molecule has 0 amide bonds. The Morgan fingerprint density at radius 2 is 1.80 bits per heavy atom. The summed E-state index contributed by atoms with van der Waals surface area (Å²) in [6.45, 7) is 1.71. The van der Waals surface area contributed by atoms with E-state index in [9.17, 15) is 13.6 Å². The maximum atomic E-state index is 13.6. The predicted molar refractivity (Wildman–Crippen MR) is 80.1 cm³/mol. The van der Waals surface area contributed by atoms with Crippen molar-refractivity contribution < 1.29 is 13.6 Å². The van der Waals surface area contributed by atoms with E-state index in [1.54, 1.807) is 31.2 Å². The Balaban J connectivity index is 2.13. The first-order chi connectivity index (χ1) is 9.47. The van der Waals surface area contributed by atoms with Gasteiger partial charge in [0.2, 0.25) is 0 Å². The van der Waals surface area contributed by atoms with Crippen LogP contribution in [0.15, 0.2) is 51.8 Å². The van der Waals surface area contributed by atoms with Crippen LogP contribution in [0.2, 0.25) is 0 Å². The van der Waals surface area contributed by atoms with E-state index >= 15 is 0 Å². The molecule has 0 N–H and O–H groups in total. The SMILES string of the molecule is CC(Sc1ccc(F)cc1F)C(=O)c1ccc(Br)cc1. The molecule has 0 saturated carbocycles. The van der Waals surface area contributed by atoms with Crippen molar-refractivity contribution in [3.63, 3.8) is 0 Å². The number of benzene rings is 2. The smallest absolute Gasteiger partial charge is 0.175 e. The second-order valence-corrected chi connectivity index (χ2v) is 6.50. The molecule has 0 aliphatic carbocycles. The van der Waals surface area contributed by atoms with Crippen molar-refractivity contribution in [1.29, 1.82) is 0 Å². The quantitative estimate of drug-likeness (QED) is 0.560. The molecule has 0 aliphatic rings. The first kappa shape index (κ1) is 15.2. The van der Waals surface area contributed by atoms with Crippen molar-refractivity contribution in [1.82, 2.24) is 0 Å². The van der Waals surface area contributed by atoms with Gasteiger partial charge in [-0.2, -0.15) is 0 Å². The van der Waals surface area contributed by atoms with Crippen LogP contribution in [0.4, 0.5) is 8.78 Å². The van der Waals surface area contributed by atoms with Gasteiger partial charge in [0.15, 0.2) is 5.78 Å². The zero-order chi connectivity index (χ0) is 14.7. The summed E-state index contributed by atoms with van der Waals surface area (Å²) >= 11 is 4.38. The monoisotopic (exact) mass is 356 g/mol. The second kappa shape index (κ2) is 6.50. The standard InChI is InChI=1S/C15H11BrF2OS/c1-9(15(19)10-2-4-11(16)5-3-10)20-14-7-6-12(17)8-13(14)18/h2-9H,1H3. The van der Waals surface area contributed by atoms with E-state index in [1.165, 1.54) is 12.1 Å². The van der Waals surface area contributed by atoms with Crippen LogP contribution in [0.5, 0.6) is 0 Å². The van der Waals surface area contributed by atoms with Crippen LogP contribution in [0.25, 0.3) is 0 Å². The fraction of sp³-hybridized carbons (Fsp3) is 0.133. The Bertz CT molecular complexity index is 628. The fourth-order valence-corrected chi connectivity index (χ4v) is 2.87. The summed E-state index contributed by atoms with van der Waals surface area (Å²) in [4.78, 5) is 12.5. The maximum absolute atomic E-state index is 13.6. The lowest BCUT2D eigenvalue weighted by atomic mass is 10.1. The molecule has 2 aromatic carbocycles. The van der Waals surface area contributed by atoms with E-state index in [4.69, 9.17) is 0 Å². The normalized spacial score (nSPS) is 12.2. The van der Waals surface area contributed by atoms with Gasteiger partial charge in [-0.1, -0.05) is 28.1 Å². The molecule has 20 heavy (non-hydrogen) atoms. The van der Waals surface area contributed by atoms with Gasteiger partial charge in [0.1, 0.15) is 11.6 Å². The van der Waals surface area contributed by atoms with Crippen molar-refractivity contribution in [3.8, 4) is 0 Å². The molecule has 0 heterocycles. The Morgan fingerprint density at radius 1 is 1.15 bits per heavy atom. The highest BCUT2D eigenvalue weighted by atomic mass is 79.9. The number of carbonyl (C=O) groups is 1. The zero-order valence-corrected chi connectivity index (χ0v) is 13.0. The molecule has 0 aromatic heterocycles. The lowest BCUT2D eigenvalue weighted by Crippen LogP contribution is -2.13. The number of hydrogen-bond acceptors (Lipinski definition) is 2. The van der Waals surface area contributed by atoms with Gasteiger partial charge in [0.05, 0.1) is 5.25 Å². The van der Waals surface area contributed by atoms with Gasteiger partial charge in [-0.3, -0.25) is 4.79 Å². The van der Waals surface area contributed by atoms with Gasteiger partial charge >= 0.3 is 0 Å². The molecule has 0 radical (unpaired) electrons. The summed E-state index contributed by atoms with van der Waals surface area (Å²) < 4.78 is 27.3. The molecule has 104 valence electrons. The summed E-state index contributed by atoms with van der Waals surface area (Å²) in [7, 11) is 0. The summed E-state index contributed by atoms with van der Waals surface area (Å²) in [5, 5.41) is -0.448. The van der Waals surface area contributed by atoms with Crippen LogP contribution in [0.1, 0.15) is 17.3 Å². The van der Waals surface area contributed by atoms with Crippen LogP contribution in [-0.4, -0.2) is 11.0 Å². The van der Waals surface area contributed by atoms with Crippen LogP contribution in [0.3, 0.4) is 0 Å². The van der Waals surface area contributed by atoms with Crippen LogP contribution in [-0.2, 0) is 0 Å². The van der Waals surface area contributed by atoms with E-state index in [-0.39, 0.29) is 10.7 Å². The summed E-state index contributed by atoms with van der Waals surface area (Å²) in [6, 6.07) is 10.3. The van der Waals surface area contributed by atoms with E-state index < -0.39 is 16.9 Å². The highest BCUT2D eigenvalue weighted by Gasteiger charge is 2.18. The third-order valence-electron chi connectivity index (χ3n) is 2.70. The third-order valence-corrected chi connectivity index (χ3v) is 4.38. The van der Waals surface area contributed by atoms with Gasteiger partial charge in [-0.15, -0.1) is 11.8 Å². The van der Waals surface area contributed by atoms with E-state index in [2.05, 4.69) is 15.9 Å². The largest absolute Gasteiger partial charge is 0.293 e. The highest BCUT2D eigenvalue weighted by molar-refractivity contribution is 9.10. The fourth-order valence-electron chi connectivity index (χ4n) is 1.66. The second-order valence-electron chi connectivity index (χ2n) is 4.21. The lowest BCUT2D eigenvalue weighted by molar-refractivity contribution is 0.0994. The lowest BCUT2D eigenvalue weighted by Gasteiger charge is -2.11. The molecule has 1 unspecified atom stereocenters. The van der Waals surface area contributed by atoms with Gasteiger partial charge < -0.3 is 0 Å².